The van der Waals surface area contributed by atoms with Crippen molar-refractivity contribution in [1.29, 1.82) is 0 Å². The van der Waals surface area contributed by atoms with Crippen LogP contribution in [0.2, 0.25) is 0 Å². The van der Waals surface area contributed by atoms with Crippen molar-refractivity contribution in [1.82, 2.24) is 0 Å². The SMILES string of the molecule is O=C(OC[C@@H]1O[C@H](Oc2c(-c3ccc(O)c(O)c3)oc3cc(O)cc(O)c3c2=O)[C@@H](O)[C@H](O)[C@H]1O)c1cc(O)c(O)c(O)c1. The van der Waals surface area contributed by atoms with Gasteiger partial charge in [0.05, 0.1) is 5.56 Å². The lowest BCUT2D eigenvalue weighted by molar-refractivity contribution is -0.277. The summed E-state index contributed by atoms with van der Waals surface area (Å²) in [6, 6.07) is 6.70. The average Bonchev–Trinajstić information content (AvgIpc) is 2.97. The summed E-state index contributed by atoms with van der Waals surface area (Å²) >= 11 is 0. The predicted octanol–water partition coefficient (Wildman–Crippen LogP) is 0.443. The van der Waals surface area contributed by atoms with Gasteiger partial charge in [-0.2, -0.15) is 0 Å². The van der Waals surface area contributed by atoms with Crippen molar-refractivity contribution >= 4 is 16.9 Å². The summed E-state index contributed by atoms with van der Waals surface area (Å²) < 4.78 is 21.9. The second-order valence-electron chi connectivity index (χ2n) is 9.73. The number of hydrogen-bond donors (Lipinski definition) is 10. The van der Waals surface area contributed by atoms with Crippen molar-refractivity contribution in [2.24, 2.45) is 0 Å². The maximum Gasteiger partial charge on any atom is 0.338 e. The molecule has 0 amide bonds. The van der Waals surface area contributed by atoms with Gasteiger partial charge in [-0.15, -0.1) is 0 Å². The van der Waals surface area contributed by atoms with Gasteiger partial charge in [-0.3, -0.25) is 4.79 Å². The number of phenolic OH excluding ortho intramolecular Hbond substituents is 7. The first kappa shape index (κ1) is 30.1. The van der Waals surface area contributed by atoms with Gasteiger partial charge in [0, 0.05) is 17.7 Å². The van der Waals surface area contributed by atoms with E-state index >= 15 is 0 Å². The number of phenols is 7. The lowest BCUT2D eigenvalue weighted by Gasteiger charge is -2.39. The summed E-state index contributed by atoms with van der Waals surface area (Å²) in [7, 11) is 0. The van der Waals surface area contributed by atoms with Crippen LogP contribution in [-0.4, -0.2) is 94.3 Å². The van der Waals surface area contributed by atoms with E-state index in [2.05, 4.69) is 0 Å². The minimum absolute atomic E-state index is 0.0612. The van der Waals surface area contributed by atoms with E-state index in [9.17, 15) is 60.7 Å². The van der Waals surface area contributed by atoms with Crippen LogP contribution in [0, 0.1) is 0 Å². The summed E-state index contributed by atoms with van der Waals surface area (Å²) in [5, 5.41) is 99.8. The molecule has 1 aromatic heterocycles. The molecular formula is C28H24O16. The van der Waals surface area contributed by atoms with Crippen LogP contribution < -0.4 is 10.2 Å². The molecule has 232 valence electrons. The number of aromatic hydroxyl groups is 7. The highest BCUT2D eigenvalue weighted by atomic mass is 16.7. The van der Waals surface area contributed by atoms with Crippen LogP contribution in [0.3, 0.4) is 0 Å². The van der Waals surface area contributed by atoms with Crippen molar-refractivity contribution in [3.63, 3.8) is 0 Å². The van der Waals surface area contributed by atoms with Gasteiger partial charge in [0.15, 0.2) is 34.5 Å². The topological polar surface area (TPSA) is 277 Å². The van der Waals surface area contributed by atoms with E-state index in [-0.39, 0.29) is 11.1 Å². The number of carbonyl (C=O) groups excluding carboxylic acids is 1. The molecule has 3 aromatic carbocycles. The van der Waals surface area contributed by atoms with Crippen LogP contribution >= 0.6 is 0 Å². The first-order chi connectivity index (χ1) is 20.8. The largest absolute Gasteiger partial charge is 0.508 e. The van der Waals surface area contributed by atoms with Crippen LogP contribution in [0.15, 0.2) is 51.7 Å². The van der Waals surface area contributed by atoms with Crippen LogP contribution in [0.5, 0.6) is 46.0 Å². The lowest BCUT2D eigenvalue weighted by atomic mass is 9.99. The minimum Gasteiger partial charge on any atom is -0.508 e. The van der Waals surface area contributed by atoms with Crippen molar-refractivity contribution in [2.45, 2.75) is 30.7 Å². The third-order valence-electron chi connectivity index (χ3n) is 6.74. The predicted molar refractivity (Wildman–Crippen MR) is 144 cm³/mol. The molecule has 5 atom stereocenters. The molecule has 1 saturated heterocycles. The van der Waals surface area contributed by atoms with Crippen LogP contribution in [0.25, 0.3) is 22.3 Å². The Labute approximate surface area is 244 Å². The van der Waals surface area contributed by atoms with E-state index in [0.29, 0.717) is 0 Å². The molecule has 16 heteroatoms. The number of ether oxygens (including phenoxy) is 3. The molecule has 2 heterocycles. The van der Waals surface area contributed by atoms with Crippen LogP contribution in [0.4, 0.5) is 0 Å². The number of fused-ring (bicyclic) bond motifs is 1. The Hall–Kier alpha value is -5.42. The smallest absolute Gasteiger partial charge is 0.338 e. The molecule has 0 unspecified atom stereocenters. The van der Waals surface area contributed by atoms with Crippen molar-refractivity contribution in [3.05, 3.63) is 58.3 Å². The molecule has 5 rings (SSSR count). The number of aliphatic hydroxyl groups is 3. The van der Waals surface area contributed by atoms with E-state index in [1.54, 1.807) is 0 Å². The molecule has 10 N–H and O–H groups in total. The van der Waals surface area contributed by atoms with Gasteiger partial charge in [-0.05, 0) is 30.3 Å². The summed E-state index contributed by atoms with van der Waals surface area (Å²) in [5.74, 6) is -7.19. The van der Waals surface area contributed by atoms with E-state index in [4.69, 9.17) is 18.6 Å². The Balaban J connectivity index is 1.48. The zero-order valence-corrected chi connectivity index (χ0v) is 22.1. The first-order valence-electron chi connectivity index (χ1n) is 12.6. The Morgan fingerprint density at radius 3 is 2.11 bits per heavy atom. The standard InChI is InChI=1S/C28H24O16/c29-11-6-14(32)19-17(7-11)42-25(9-1-2-12(30)13(31)3-9)26(22(19)37)44-28-24(39)23(38)21(36)18(43-28)8-41-27(40)10-4-15(33)20(35)16(34)5-10/h1-7,18,21,23-24,28-36,38-39H,8H2/t18-,21-,23+,24-,28+/m0/s1. The fourth-order valence-corrected chi connectivity index (χ4v) is 4.46. The van der Waals surface area contributed by atoms with Gasteiger partial charge < -0.3 is 69.7 Å². The quantitative estimate of drug-likeness (QED) is 0.104. The monoisotopic (exact) mass is 616 g/mol. The number of hydrogen-bond acceptors (Lipinski definition) is 16. The molecule has 0 spiro atoms. The lowest BCUT2D eigenvalue weighted by Crippen LogP contribution is -2.60. The highest BCUT2D eigenvalue weighted by molar-refractivity contribution is 5.91. The number of esters is 1. The number of aliphatic hydroxyl groups excluding tert-OH is 3. The Kier molecular flexibility index (Phi) is 7.75. The molecule has 4 aromatic rings. The van der Waals surface area contributed by atoms with Gasteiger partial charge in [0.25, 0.3) is 0 Å². The van der Waals surface area contributed by atoms with Crippen LogP contribution in [0.1, 0.15) is 10.4 Å². The summed E-state index contributed by atoms with van der Waals surface area (Å²) in [6.45, 7) is -0.795. The zero-order valence-electron chi connectivity index (χ0n) is 22.1. The molecule has 0 saturated carbocycles. The molecular weight excluding hydrogens is 592 g/mol. The van der Waals surface area contributed by atoms with E-state index in [1.807, 2.05) is 0 Å². The van der Waals surface area contributed by atoms with Crippen molar-refractivity contribution < 1.29 is 74.5 Å². The van der Waals surface area contributed by atoms with Gasteiger partial charge >= 0.3 is 5.97 Å². The van der Waals surface area contributed by atoms with Gasteiger partial charge in [0.2, 0.25) is 17.5 Å². The Morgan fingerprint density at radius 1 is 0.773 bits per heavy atom. The summed E-state index contributed by atoms with van der Waals surface area (Å²) in [5.41, 5.74) is -1.84. The highest BCUT2D eigenvalue weighted by Gasteiger charge is 2.46. The molecule has 16 nitrogen and oxygen atoms in total. The number of carbonyl (C=O) groups is 1. The van der Waals surface area contributed by atoms with E-state index in [0.717, 1.165) is 36.4 Å². The maximum absolute atomic E-state index is 13.5. The number of rotatable bonds is 6. The Morgan fingerprint density at radius 2 is 1.45 bits per heavy atom. The summed E-state index contributed by atoms with van der Waals surface area (Å²) in [4.78, 5) is 26.0. The second-order valence-corrected chi connectivity index (χ2v) is 9.73. The molecule has 44 heavy (non-hydrogen) atoms. The maximum atomic E-state index is 13.5. The fourth-order valence-electron chi connectivity index (χ4n) is 4.46. The van der Waals surface area contributed by atoms with Crippen molar-refractivity contribution in [3.8, 4) is 57.3 Å². The minimum atomic E-state index is -2.02. The fraction of sp³-hybridized carbons (Fsp3) is 0.214. The molecule has 0 radical (unpaired) electrons. The zero-order chi connectivity index (χ0) is 32.0. The third-order valence-corrected chi connectivity index (χ3v) is 6.74. The second kappa shape index (κ2) is 11.3. The normalized spacial score (nSPS) is 21.7. The molecule has 0 bridgehead atoms. The molecule has 1 aliphatic heterocycles. The first-order valence-corrected chi connectivity index (χ1v) is 12.6. The average molecular weight is 616 g/mol. The highest BCUT2D eigenvalue weighted by Crippen LogP contribution is 2.40. The van der Waals surface area contributed by atoms with Gasteiger partial charge in [-0.1, -0.05) is 0 Å². The third kappa shape index (κ3) is 5.40. The molecule has 1 aliphatic rings. The van der Waals surface area contributed by atoms with Gasteiger partial charge in [0.1, 0.15) is 53.5 Å². The molecule has 0 aliphatic carbocycles. The van der Waals surface area contributed by atoms with E-state index in [1.165, 1.54) is 6.07 Å². The Bertz CT molecular complexity index is 1790. The number of benzene rings is 3. The van der Waals surface area contributed by atoms with Gasteiger partial charge in [-0.25, -0.2) is 4.79 Å². The summed E-state index contributed by atoms with van der Waals surface area (Å²) in [6.07, 6.45) is -9.43. The van der Waals surface area contributed by atoms with E-state index < -0.39 is 111 Å². The molecule has 1 fully saturated rings. The van der Waals surface area contributed by atoms with Crippen molar-refractivity contribution in [2.75, 3.05) is 6.61 Å². The van der Waals surface area contributed by atoms with Crippen LogP contribution in [-0.2, 0) is 9.47 Å².